The van der Waals surface area contributed by atoms with Gasteiger partial charge in [-0.15, -0.1) is 0 Å². The molecule has 0 atom stereocenters. The molecule has 0 fully saturated rings. The van der Waals surface area contributed by atoms with E-state index in [1.165, 1.54) is 15.6 Å². The third-order valence-corrected chi connectivity index (χ3v) is 2.24. The van der Waals surface area contributed by atoms with E-state index in [4.69, 9.17) is 0 Å². The van der Waals surface area contributed by atoms with Crippen molar-refractivity contribution < 1.29 is 0 Å². The molecule has 0 unspecified atom stereocenters. The van der Waals surface area contributed by atoms with Crippen molar-refractivity contribution in [1.82, 2.24) is 14.3 Å². The van der Waals surface area contributed by atoms with Gasteiger partial charge in [-0.2, -0.15) is 5.10 Å². The molecule has 0 bridgehead atoms. The fourth-order valence-corrected chi connectivity index (χ4v) is 1.48. The van der Waals surface area contributed by atoms with Crippen molar-refractivity contribution >= 4 is 6.20 Å². The molecule has 2 aromatic rings. The Morgan fingerprint density at radius 3 is 2.75 bits per heavy atom. The molecule has 0 radical (unpaired) electrons. The number of aromatic nitrogens is 3. The van der Waals surface area contributed by atoms with Gasteiger partial charge in [0.15, 0.2) is 0 Å². The van der Waals surface area contributed by atoms with Crippen molar-refractivity contribution in [1.29, 1.82) is 0 Å². The Morgan fingerprint density at radius 2 is 2.06 bits per heavy atom. The van der Waals surface area contributed by atoms with Crippen LogP contribution in [0, 0.1) is 0 Å². The summed E-state index contributed by atoms with van der Waals surface area (Å²) in [5.74, 6) is 0. The molecule has 1 aromatic carbocycles. The lowest BCUT2D eigenvalue weighted by Gasteiger charge is -1.98. The number of rotatable bonds is 3. The Labute approximate surface area is 93.5 Å². The van der Waals surface area contributed by atoms with Crippen molar-refractivity contribution in [2.75, 3.05) is 0 Å². The third kappa shape index (κ3) is 2.11. The van der Waals surface area contributed by atoms with E-state index >= 15 is 0 Å². The fraction of sp³-hybridized carbons (Fsp3) is 0.167. The molecular formula is C12H13N3O. The van der Waals surface area contributed by atoms with Crippen LogP contribution in [0.1, 0.15) is 12.5 Å². The van der Waals surface area contributed by atoms with Crippen molar-refractivity contribution in [3.05, 3.63) is 58.8 Å². The second-order valence-electron chi connectivity index (χ2n) is 3.45. The summed E-state index contributed by atoms with van der Waals surface area (Å²) >= 11 is 0. The maximum Gasteiger partial charge on any atom is 0.350 e. The van der Waals surface area contributed by atoms with Crippen LogP contribution in [0.15, 0.2) is 47.5 Å². The highest BCUT2D eigenvalue weighted by atomic mass is 16.2. The molecule has 0 N–H and O–H groups in total. The minimum atomic E-state index is -0.123. The van der Waals surface area contributed by atoms with Crippen LogP contribution in [0.4, 0.5) is 0 Å². The smallest absolute Gasteiger partial charge is 0.257 e. The highest BCUT2D eigenvalue weighted by molar-refractivity contribution is 5.19. The number of hydrogen-bond donors (Lipinski definition) is 0. The van der Waals surface area contributed by atoms with Crippen molar-refractivity contribution in [2.45, 2.75) is 13.5 Å². The summed E-state index contributed by atoms with van der Waals surface area (Å²) in [5, 5.41) is 4.05. The van der Waals surface area contributed by atoms with Crippen LogP contribution in [0.3, 0.4) is 0 Å². The SMILES string of the molecule is C/C=C/n1cnn(Cc2ccccc2)c1=O. The van der Waals surface area contributed by atoms with Crippen LogP contribution in [0.2, 0.25) is 0 Å². The number of benzene rings is 1. The maximum atomic E-state index is 11.8. The summed E-state index contributed by atoms with van der Waals surface area (Å²) in [6.07, 6.45) is 5.01. The van der Waals surface area contributed by atoms with Crippen LogP contribution in [-0.2, 0) is 6.54 Å². The van der Waals surface area contributed by atoms with Crippen molar-refractivity contribution in [3.8, 4) is 0 Å². The van der Waals surface area contributed by atoms with Gasteiger partial charge in [0.05, 0.1) is 6.54 Å². The quantitative estimate of drug-likeness (QED) is 0.780. The predicted octanol–water partition coefficient (Wildman–Crippen LogP) is 1.58. The number of nitrogens with zero attached hydrogens (tertiary/aromatic N) is 3. The first-order valence-corrected chi connectivity index (χ1v) is 5.12. The van der Waals surface area contributed by atoms with Crippen molar-refractivity contribution in [3.63, 3.8) is 0 Å². The van der Waals surface area contributed by atoms with Gasteiger partial charge < -0.3 is 0 Å². The minimum absolute atomic E-state index is 0.123. The molecule has 0 saturated carbocycles. The van der Waals surface area contributed by atoms with Gasteiger partial charge in [-0.1, -0.05) is 36.4 Å². The van der Waals surface area contributed by atoms with Crippen LogP contribution in [0.5, 0.6) is 0 Å². The average Bonchev–Trinajstić information content (AvgIpc) is 2.64. The lowest BCUT2D eigenvalue weighted by atomic mass is 10.2. The number of allylic oxidation sites excluding steroid dienone is 1. The van der Waals surface area contributed by atoms with Gasteiger partial charge in [-0.05, 0) is 12.5 Å². The summed E-state index contributed by atoms with van der Waals surface area (Å²) in [4.78, 5) is 11.8. The van der Waals surface area contributed by atoms with E-state index in [0.717, 1.165) is 5.56 Å². The lowest BCUT2D eigenvalue weighted by molar-refractivity contribution is 0.655. The van der Waals surface area contributed by atoms with Crippen LogP contribution in [0.25, 0.3) is 6.20 Å². The second-order valence-corrected chi connectivity index (χ2v) is 3.45. The minimum Gasteiger partial charge on any atom is -0.257 e. The van der Waals surface area contributed by atoms with Crippen LogP contribution < -0.4 is 5.69 Å². The van der Waals surface area contributed by atoms with E-state index in [-0.39, 0.29) is 5.69 Å². The Morgan fingerprint density at radius 1 is 1.31 bits per heavy atom. The highest BCUT2D eigenvalue weighted by Crippen LogP contribution is 1.99. The molecule has 4 heteroatoms. The van der Waals surface area contributed by atoms with Crippen LogP contribution >= 0.6 is 0 Å². The Bertz CT molecular complexity index is 537. The fourth-order valence-electron chi connectivity index (χ4n) is 1.48. The third-order valence-electron chi connectivity index (χ3n) is 2.24. The summed E-state index contributed by atoms with van der Waals surface area (Å²) in [6, 6.07) is 9.79. The molecule has 0 aliphatic carbocycles. The zero-order valence-corrected chi connectivity index (χ0v) is 9.08. The summed E-state index contributed by atoms with van der Waals surface area (Å²) < 4.78 is 2.90. The number of hydrogen-bond acceptors (Lipinski definition) is 2. The zero-order chi connectivity index (χ0) is 11.4. The van der Waals surface area contributed by atoms with E-state index in [0.29, 0.717) is 6.54 Å². The molecule has 82 valence electrons. The normalized spacial score (nSPS) is 11.1. The molecule has 1 heterocycles. The van der Waals surface area contributed by atoms with Gasteiger partial charge in [-0.25, -0.2) is 9.48 Å². The van der Waals surface area contributed by atoms with E-state index in [2.05, 4.69) is 5.10 Å². The predicted molar refractivity (Wildman–Crippen MR) is 63.0 cm³/mol. The topological polar surface area (TPSA) is 39.8 Å². The molecule has 4 nitrogen and oxygen atoms in total. The first-order valence-electron chi connectivity index (χ1n) is 5.12. The van der Waals surface area contributed by atoms with E-state index in [1.807, 2.05) is 37.3 Å². The van der Waals surface area contributed by atoms with Gasteiger partial charge in [0.2, 0.25) is 0 Å². The molecule has 0 saturated heterocycles. The first kappa shape index (κ1) is 10.4. The summed E-state index contributed by atoms with van der Waals surface area (Å²) in [5.41, 5.74) is 0.942. The van der Waals surface area contributed by atoms with E-state index < -0.39 is 0 Å². The monoisotopic (exact) mass is 215 g/mol. The first-order chi connectivity index (χ1) is 7.81. The van der Waals surface area contributed by atoms with E-state index in [9.17, 15) is 4.79 Å². The van der Waals surface area contributed by atoms with Crippen LogP contribution in [-0.4, -0.2) is 14.3 Å². The summed E-state index contributed by atoms with van der Waals surface area (Å²) in [6.45, 7) is 2.37. The molecule has 1 aromatic heterocycles. The van der Waals surface area contributed by atoms with Gasteiger partial charge >= 0.3 is 5.69 Å². The van der Waals surface area contributed by atoms with Gasteiger partial charge in [0.1, 0.15) is 6.33 Å². The maximum absolute atomic E-state index is 11.8. The standard InChI is InChI=1S/C12H13N3O/c1-2-8-14-10-13-15(12(14)16)9-11-6-4-3-5-7-11/h2-8,10H,9H2,1H3/b8-2+. The Kier molecular flexibility index (Phi) is 3.00. The van der Waals surface area contributed by atoms with Crippen molar-refractivity contribution in [2.24, 2.45) is 0 Å². The summed E-state index contributed by atoms with van der Waals surface area (Å²) in [7, 11) is 0. The Balaban J connectivity index is 2.26. The molecule has 0 aliphatic heterocycles. The highest BCUT2D eigenvalue weighted by Gasteiger charge is 2.02. The molecular weight excluding hydrogens is 202 g/mol. The molecule has 0 amide bonds. The molecule has 16 heavy (non-hydrogen) atoms. The molecule has 2 rings (SSSR count). The van der Waals surface area contributed by atoms with E-state index in [1.54, 1.807) is 12.3 Å². The lowest BCUT2D eigenvalue weighted by Crippen LogP contribution is -2.22. The second kappa shape index (κ2) is 4.61. The Hall–Kier alpha value is -2.10. The zero-order valence-electron chi connectivity index (χ0n) is 9.08. The van der Waals surface area contributed by atoms with Gasteiger partial charge in [0, 0.05) is 6.20 Å². The average molecular weight is 215 g/mol. The molecule has 0 aliphatic rings. The van der Waals surface area contributed by atoms with Gasteiger partial charge in [-0.3, -0.25) is 4.57 Å². The van der Waals surface area contributed by atoms with Gasteiger partial charge in [0.25, 0.3) is 0 Å². The molecule has 0 spiro atoms. The largest absolute Gasteiger partial charge is 0.350 e.